The summed E-state index contributed by atoms with van der Waals surface area (Å²) in [7, 11) is -1.27. The van der Waals surface area contributed by atoms with Crippen LogP contribution in [0.25, 0.3) is 0 Å². The second-order valence-corrected chi connectivity index (χ2v) is 7.76. The van der Waals surface area contributed by atoms with Crippen molar-refractivity contribution in [2.45, 2.75) is 17.9 Å². The molecule has 1 atom stereocenters. The van der Waals surface area contributed by atoms with Gasteiger partial charge in [-0.2, -0.15) is 0 Å². The number of halogens is 1. The number of hydrogen-bond acceptors (Lipinski definition) is 6. The number of hydrogen-bond donors (Lipinski definition) is 2. The van der Waals surface area contributed by atoms with Crippen LogP contribution in [0.5, 0.6) is 17.2 Å². The minimum atomic E-state index is -4.02. The van der Waals surface area contributed by atoms with Gasteiger partial charge < -0.3 is 19.5 Å². The fourth-order valence-corrected chi connectivity index (χ4v) is 4.06. The quantitative estimate of drug-likeness (QED) is 0.782. The summed E-state index contributed by atoms with van der Waals surface area (Å²) in [6, 6.07) is 7.19. The summed E-state index contributed by atoms with van der Waals surface area (Å²) >= 11 is 6.06. The molecule has 1 amide bonds. The predicted molar refractivity (Wildman–Crippen MR) is 101 cm³/mol. The molecule has 1 heterocycles. The highest BCUT2D eigenvalue weighted by Crippen LogP contribution is 2.37. The van der Waals surface area contributed by atoms with Gasteiger partial charge in [-0.15, -0.1) is 0 Å². The molecule has 0 spiro atoms. The maximum absolute atomic E-state index is 12.8. The molecule has 0 saturated carbocycles. The summed E-state index contributed by atoms with van der Waals surface area (Å²) in [5.41, 5.74) is 0.610. The lowest BCUT2D eigenvalue weighted by Gasteiger charge is -2.23. The third-order valence-electron chi connectivity index (χ3n) is 3.89. The molecule has 0 fully saturated rings. The number of methoxy groups -OCH3 is 2. The number of carbonyl (C=O) groups is 1. The van der Waals surface area contributed by atoms with Crippen LogP contribution >= 0.6 is 11.6 Å². The van der Waals surface area contributed by atoms with Crippen molar-refractivity contribution in [2.24, 2.45) is 0 Å². The molecule has 8 nitrogen and oxygen atoms in total. The molecule has 0 aliphatic carbocycles. The summed E-state index contributed by atoms with van der Waals surface area (Å²) in [4.78, 5) is 11.6. The molecule has 0 bridgehead atoms. The predicted octanol–water partition coefficient (Wildman–Crippen LogP) is 2.88. The van der Waals surface area contributed by atoms with E-state index in [0.717, 1.165) is 0 Å². The van der Waals surface area contributed by atoms with E-state index in [1.807, 2.05) is 0 Å². The molecule has 3 rings (SSSR count). The first kappa shape index (κ1) is 19.1. The van der Waals surface area contributed by atoms with E-state index in [1.165, 1.54) is 38.5 Å². The Kier molecular flexibility index (Phi) is 5.07. The smallest absolute Gasteiger partial charge is 0.265 e. The van der Waals surface area contributed by atoms with Crippen molar-refractivity contribution in [3.05, 3.63) is 35.4 Å². The summed E-state index contributed by atoms with van der Waals surface area (Å²) in [6.45, 7) is 1.62. The largest absolute Gasteiger partial charge is 0.495 e. The first-order valence-electron chi connectivity index (χ1n) is 7.81. The Morgan fingerprint density at radius 3 is 2.52 bits per heavy atom. The number of nitrogens with one attached hydrogen (secondary N) is 2. The van der Waals surface area contributed by atoms with Gasteiger partial charge in [0.15, 0.2) is 6.10 Å². The summed E-state index contributed by atoms with van der Waals surface area (Å²) < 4.78 is 43.7. The van der Waals surface area contributed by atoms with Crippen molar-refractivity contribution in [2.75, 3.05) is 24.3 Å². The van der Waals surface area contributed by atoms with Crippen LogP contribution in [0.3, 0.4) is 0 Å². The van der Waals surface area contributed by atoms with Crippen LogP contribution < -0.4 is 24.2 Å². The molecule has 1 aliphatic rings. The van der Waals surface area contributed by atoms with Crippen LogP contribution in [-0.4, -0.2) is 34.6 Å². The van der Waals surface area contributed by atoms with Crippen LogP contribution in [-0.2, 0) is 14.8 Å². The maximum Gasteiger partial charge on any atom is 0.265 e. The molecule has 2 aromatic rings. The van der Waals surface area contributed by atoms with Gasteiger partial charge in [0.1, 0.15) is 22.1 Å². The summed E-state index contributed by atoms with van der Waals surface area (Å²) in [5, 5.41) is 2.79. The Morgan fingerprint density at radius 1 is 1.15 bits per heavy atom. The Morgan fingerprint density at radius 2 is 1.85 bits per heavy atom. The molecule has 2 N–H and O–H groups in total. The highest BCUT2D eigenvalue weighted by Gasteiger charge is 2.26. The molecule has 2 aromatic carbocycles. The maximum atomic E-state index is 12.8. The molecule has 1 unspecified atom stereocenters. The first-order valence-corrected chi connectivity index (χ1v) is 9.67. The number of anilines is 2. The van der Waals surface area contributed by atoms with Gasteiger partial charge in [0, 0.05) is 6.07 Å². The van der Waals surface area contributed by atoms with E-state index in [-0.39, 0.29) is 33.0 Å². The van der Waals surface area contributed by atoms with Crippen LogP contribution in [0.4, 0.5) is 11.4 Å². The van der Waals surface area contributed by atoms with Crippen molar-refractivity contribution < 1.29 is 27.4 Å². The number of benzene rings is 2. The standard InChI is InChI=1S/C17H17ClN2O6S/c1-9-17(21)19-12-6-10(4-5-13(12)26-9)20-27(22,23)16-7-11(18)14(24-2)8-15(16)25-3/h4-9,20H,1-3H3,(H,19,21). The van der Waals surface area contributed by atoms with Crippen molar-refractivity contribution in [1.29, 1.82) is 0 Å². The second kappa shape index (κ2) is 7.16. The molecule has 27 heavy (non-hydrogen) atoms. The van der Waals surface area contributed by atoms with E-state index in [0.29, 0.717) is 11.4 Å². The number of ether oxygens (including phenoxy) is 3. The molecule has 1 aliphatic heterocycles. The zero-order chi connectivity index (χ0) is 19.8. The fourth-order valence-electron chi connectivity index (χ4n) is 2.52. The lowest BCUT2D eigenvalue weighted by Crippen LogP contribution is -2.34. The monoisotopic (exact) mass is 412 g/mol. The van der Waals surface area contributed by atoms with E-state index >= 15 is 0 Å². The molecule has 0 radical (unpaired) electrons. The number of fused-ring (bicyclic) bond motifs is 1. The van der Waals surface area contributed by atoms with E-state index in [2.05, 4.69) is 10.0 Å². The lowest BCUT2D eigenvalue weighted by atomic mass is 10.2. The van der Waals surface area contributed by atoms with Gasteiger partial charge in [0.25, 0.3) is 15.9 Å². The second-order valence-electron chi connectivity index (χ2n) is 5.70. The van der Waals surface area contributed by atoms with Crippen LogP contribution in [0.15, 0.2) is 35.2 Å². The third-order valence-corrected chi connectivity index (χ3v) is 5.59. The number of amides is 1. The first-order chi connectivity index (χ1) is 12.7. The van der Waals surface area contributed by atoms with Crippen LogP contribution in [0.1, 0.15) is 6.92 Å². The zero-order valence-corrected chi connectivity index (χ0v) is 16.3. The molecule has 0 aromatic heterocycles. The van der Waals surface area contributed by atoms with Crippen molar-refractivity contribution in [3.8, 4) is 17.2 Å². The van der Waals surface area contributed by atoms with E-state index in [4.69, 9.17) is 25.8 Å². The Bertz CT molecular complexity index is 1010. The van der Waals surface area contributed by atoms with E-state index < -0.39 is 16.1 Å². The topological polar surface area (TPSA) is 103 Å². The minimum absolute atomic E-state index is 0.0761. The average molecular weight is 413 g/mol. The lowest BCUT2D eigenvalue weighted by molar-refractivity contribution is -0.122. The molecular formula is C17H17ClN2O6S. The Labute approximate surface area is 161 Å². The molecule has 0 saturated heterocycles. The van der Waals surface area contributed by atoms with E-state index in [9.17, 15) is 13.2 Å². The number of sulfonamides is 1. The fraction of sp³-hybridized carbons (Fsp3) is 0.235. The van der Waals surface area contributed by atoms with Crippen LogP contribution in [0.2, 0.25) is 5.02 Å². The normalized spacial score (nSPS) is 16.0. The SMILES string of the molecule is COc1cc(OC)c(S(=O)(=O)Nc2ccc3c(c2)NC(=O)C(C)O3)cc1Cl. The molecular weight excluding hydrogens is 396 g/mol. The van der Waals surface area contributed by atoms with Gasteiger partial charge in [0.2, 0.25) is 0 Å². The van der Waals surface area contributed by atoms with Gasteiger partial charge in [0.05, 0.1) is 30.6 Å². The minimum Gasteiger partial charge on any atom is -0.495 e. The highest BCUT2D eigenvalue weighted by atomic mass is 35.5. The number of carbonyl (C=O) groups excluding carboxylic acids is 1. The van der Waals surface area contributed by atoms with Gasteiger partial charge in [-0.25, -0.2) is 8.42 Å². The van der Waals surface area contributed by atoms with Gasteiger partial charge in [-0.1, -0.05) is 11.6 Å². The van der Waals surface area contributed by atoms with Crippen molar-refractivity contribution in [1.82, 2.24) is 0 Å². The van der Waals surface area contributed by atoms with E-state index in [1.54, 1.807) is 13.0 Å². The van der Waals surface area contributed by atoms with Crippen molar-refractivity contribution in [3.63, 3.8) is 0 Å². The van der Waals surface area contributed by atoms with Gasteiger partial charge in [-0.05, 0) is 31.2 Å². The summed E-state index contributed by atoms with van der Waals surface area (Å²) in [6.07, 6.45) is -0.620. The highest BCUT2D eigenvalue weighted by molar-refractivity contribution is 7.92. The average Bonchev–Trinajstić information content (AvgIpc) is 2.62. The molecule has 10 heteroatoms. The summed E-state index contributed by atoms with van der Waals surface area (Å²) in [5.74, 6) is 0.503. The van der Waals surface area contributed by atoms with Gasteiger partial charge in [-0.3, -0.25) is 9.52 Å². The molecule has 144 valence electrons. The zero-order valence-electron chi connectivity index (χ0n) is 14.7. The number of rotatable bonds is 5. The van der Waals surface area contributed by atoms with Crippen molar-refractivity contribution >= 4 is 38.9 Å². The van der Waals surface area contributed by atoms with Crippen LogP contribution in [0, 0.1) is 0 Å². The third kappa shape index (κ3) is 3.74. The van der Waals surface area contributed by atoms with Gasteiger partial charge >= 0.3 is 0 Å². The Hall–Kier alpha value is -2.65. The Balaban J connectivity index is 1.95.